The van der Waals surface area contributed by atoms with Gasteiger partial charge in [0, 0.05) is 26.1 Å². The molecule has 2 aromatic heterocycles. The number of nitrogen functional groups attached to an aromatic ring is 1. The standard InChI is InChI=1S/C12H17N4OS.ClH.H3N/c1-8-11(3-4-17)18-7-16(8)6-10-5-14-9(2)15-12(10)13;;/h5,7,17H,3-4,6H2,1-2H3,(H2,13,14,15);1H;1H3/q+1;;. The van der Waals surface area contributed by atoms with Crippen LogP contribution in [-0.2, 0) is 13.0 Å². The van der Waals surface area contributed by atoms with Crippen molar-refractivity contribution in [3.63, 3.8) is 0 Å². The van der Waals surface area contributed by atoms with Crippen molar-refractivity contribution in [2.45, 2.75) is 26.8 Å². The number of aliphatic hydroxyl groups is 1. The summed E-state index contributed by atoms with van der Waals surface area (Å²) < 4.78 is 2.11. The first-order chi connectivity index (χ1) is 8.61. The van der Waals surface area contributed by atoms with Gasteiger partial charge in [-0.3, -0.25) is 0 Å². The lowest BCUT2D eigenvalue weighted by molar-refractivity contribution is -0.689. The van der Waals surface area contributed by atoms with Gasteiger partial charge in [-0.25, -0.2) is 9.97 Å². The fourth-order valence-corrected chi connectivity index (χ4v) is 2.75. The number of hydrogen-bond acceptors (Lipinski definition) is 6. The molecule has 0 atom stereocenters. The third kappa shape index (κ3) is 4.11. The van der Waals surface area contributed by atoms with Crippen molar-refractivity contribution in [1.29, 1.82) is 0 Å². The highest BCUT2D eigenvalue weighted by molar-refractivity contribution is 7.09. The molecule has 0 aromatic carbocycles. The molecule has 0 radical (unpaired) electrons. The topological polar surface area (TPSA) is 111 Å². The Labute approximate surface area is 128 Å². The number of anilines is 1. The van der Waals surface area contributed by atoms with E-state index in [1.54, 1.807) is 17.5 Å². The van der Waals surface area contributed by atoms with Crippen molar-refractivity contribution < 1.29 is 9.67 Å². The molecule has 0 bridgehead atoms. The van der Waals surface area contributed by atoms with Crippen molar-refractivity contribution in [2.75, 3.05) is 12.3 Å². The fourth-order valence-electron chi connectivity index (χ4n) is 1.77. The predicted molar refractivity (Wildman–Crippen MR) is 82.6 cm³/mol. The van der Waals surface area contributed by atoms with Crippen LogP contribution in [-0.4, -0.2) is 21.7 Å². The zero-order valence-electron chi connectivity index (χ0n) is 11.7. The minimum atomic E-state index is 0. The number of rotatable bonds is 4. The van der Waals surface area contributed by atoms with E-state index >= 15 is 0 Å². The summed E-state index contributed by atoms with van der Waals surface area (Å²) in [6.45, 7) is 4.71. The van der Waals surface area contributed by atoms with Gasteiger partial charge in [0.25, 0.3) is 0 Å². The van der Waals surface area contributed by atoms with Crippen LogP contribution in [0.3, 0.4) is 0 Å². The van der Waals surface area contributed by atoms with E-state index in [1.807, 2.05) is 19.4 Å². The van der Waals surface area contributed by atoms with Crippen LogP contribution >= 0.6 is 23.7 Å². The van der Waals surface area contributed by atoms with E-state index in [-0.39, 0.29) is 25.2 Å². The number of aromatic nitrogens is 3. The molecule has 2 heterocycles. The molecule has 6 nitrogen and oxygen atoms in total. The number of aliphatic hydroxyl groups excluding tert-OH is 1. The third-order valence-electron chi connectivity index (χ3n) is 2.85. The maximum Gasteiger partial charge on any atom is 0.225 e. The Morgan fingerprint density at radius 3 is 2.70 bits per heavy atom. The second-order valence-electron chi connectivity index (χ2n) is 4.16. The van der Waals surface area contributed by atoms with Crippen molar-refractivity contribution >= 4 is 29.6 Å². The van der Waals surface area contributed by atoms with Crippen LogP contribution in [0.1, 0.15) is 22.0 Å². The highest BCUT2D eigenvalue weighted by Crippen LogP contribution is 2.13. The van der Waals surface area contributed by atoms with Crippen molar-refractivity contribution in [3.05, 3.63) is 33.7 Å². The molecular weight excluding hydrogens is 298 g/mol. The largest absolute Gasteiger partial charge is 0.396 e. The molecule has 0 spiro atoms. The van der Waals surface area contributed by atoms with Gasteiger partial charge in [0.15, 0.2) is 12.2 Å². The lowest BCUT2D eigenvalue weighted by atomic mass is 10.2. The number of aryl methyl sites for hydroxylation is 1. The minimum absolute atomic E-state index is 0. The first-order valence-electron chi connectivity index (χ1n) is 5.77. The van der Waals surface area contributed by atoms with Gasteiger partial charge in [-0.1, -0.05) is 11.3 Å². The Kier molecular flexibility index (Phi) is 7.59. The Morgan fingerprint density at radius 2 is 2.10 bits per heavy atom. The van der Waals surface area contributed by atoms with Gasteiger partial charge in [-0.05, 0) is 6.92 Å². The first kappa shape index (κ1) is 18.7. The first-order valence-corrected chi connectivity index (χ1v) is 6.65. The SMILES string of the molecule is Cc1ncc(C[n+]2csc(CCO)c2C)c(N)n1.Cl.N. The molecular formula is C12H21ClN5OS+. The summed E-state index contributed by atoms with van der Waals surface area (Å²) in [5.74, 6) is 1.22. The number of hydrogen-bond donors (Lipinski definition) is 3. The van der Waals surface area contributed by atoms with Crippen LogP contribution in [0, 0.1) is 13.8 Å². The highest BCUT2D eigenvalue weighted by Gasteiger charge is 2.16. The Balaban J connectivity index is 0.00000180. The van der Waals surface area contributed by atoms with E-state index in [4.69, 9.17) is 10.8 Å². The number of nitrogens with zero attached hydrogens (tertiary/aromatic N) is 3. The summed E-state index contributed by atoms with van der Waals surface area (Å²) in [7, 11) is 0. The van der Waals surface area contributed by atoms with E-state index in [9.17, 15) is 0 Å². The van der Waals surface area contributed by atoms with Crippen LogP contribution in [0.2, 0.25) is 0 Å². The molecule has 20 heavy (non-hydrogen) atoms. The number of halogens is 1. The molecule has 0 aliphatic heterocycles. The quantitative estimate of drug-likeness (QED) is 0.733. The Bertz CT molecular complexity index is 561. The van der Waals surface area contributed by atoms with E-state index < -0.39 is 0 Å². The molecule has 0 aliphatic rings. The van der Waals surface area contributed by atoms with E-state index in [1.165, 1.54) is 4.88 Å². The summed E-state index contributed by atoms with van der Waals surface area (Å²) in [5.41, 5.74) is 10.0. The number of nitrogens with two attached hydrogens (primary N) is 1. The van der Waals surface area contributed by atoms with Gasteiger partial charge in [-0.15, -0.1) is 12.4 Å². The zero-order valence-corrected chi connectivity index (χ0v) is 13.3. The second-order valence-corrected chi connectivity index (χ2v) is 5.10. The molecule has 0 amide bonds. The molecule has 8 heteroatoms. The molecule has 0 saturated heterocycles. The Hall–Kier alpha value is -1.28. The molecule has 112 valence electrons. The monoisotopic (exact) mass is 318 g/mol. The van der Waals surface area contributed by atoms with Gasteiger partial charge >= 0.3 is 0 Å². The predicted octanol–water partition coefficient (Wildman–Crippen LogP) is 1.19. The van der Waals surface area contributed by atoms with Crippen LogP contribution in [0.4, 0.5) is 5.82 Å². The average molecular weight is 319 g/mol. The lowest BCUT2D eigenvalue weighted by Gasteiger charge is -2.01. The average Bonchev–Trinajstić information content (AvgIpc) is 2.66. The zero-order chi connectivity index (χ0) is 13.1. The molecule has 0 aliphatic carbocycles. The molecule has 6 N–H and O–H groups in total. The minimum Gasteiger partial charge on any atom is -0.396 e. The summed E-state index contributed by atoms with van der Waals surface area (Å²) in [6.07, 6.45) is 2.47. The van der Waals surface area contributed by atoms with E-state index in [2.05, 4.69) is 14.5 Å². The lowest BCUT2D eigenvalue weighted by Crippen LogP contribution is -2.35. The number of thiazole rings is 1. The Morgan fingerprint density at radius 1 is 1.40 bits per heavy atom. The molecule has 0 fully saturated rings. The van der Waals surface area contributed by atoms with Crippen LogP contribution in [0.5, 0.6) is 0 Å². The van der Waals surface area contributed by atoms with E-state index in [0.717, 1.165) is 11.3 Å². The van der Waals surface area contributed by atoms with Crippen LogP contribution in [0.25, 0.3) is 0 Å². The third-order valence-corrected chi connectivity index (χ3v) is 4.00. The van der Waals surface area contributed by atoms with Crippen LogP contribution in [0.15, 0.2) is 11.7 Å². The maximum atomic E-state index is 8.98. The smallest absolute Gasteiger partial charge is 0.225 e. The summed E-state index contributed by atoms with van der Waals surface area (Å²) in [6, 6.07) is 0. The molecule has 0 unspecified atom stereocenters. The van der Waals surface area contributed by atoms with Gasteiger partial charge in [0.2, 0.25) is 5.51 Å². The van der Waals surface area contributed by atoms with E-state index in [0.29, 0.717) is 24.6 Å². The van der Waals surface area contributed by atoms with Crippen LogP contribution < -0.4 is 16.5 Å². The van der Waals surface area contributed by atoms with Gasteiger partial charge in [0.1, 0.15) is 11.6 Å². The van der Waals surface area contributed by atoms with Gasteiger partial charge < -0.3 is 17.0 Å². The normalized spacial score (nSPS) is 9.75. The van der Waals surface area contributed by atoms with Crippen molar-refractivity contribution in [2.24, 2.45) is 0 Å². The highest BCUT2D eigenvalue weighted by atomic mass is 35.5. The summed E-state index contributed by atoms with van der Waals surface area (Å²) in [5, 5.41) is 8.98. The second kappa shape index (κ2) is 8.11. The van der Waals surface area contributed by atoms with Gasteiger partial charge in [0.05, 0.1) is 10.4 Å². The molecule has 2 rings (SSSR count). The van der Waals surface area contributed by atoms with Gasteiger partial charge in [-0.2, -0.15) is 4.57 Å². The maximum absolute atomic E-state index is 8.98. The fraction of sp³-hybridized carbons (Fsp3) is 0.417. The summed E-state index contributed by atoms with van der Waals surface area (Å²) >= 11 is 1.65. The summed E-state index contributed by atoms with van der Waals surface area (Å²) in [4.78, 5) is 9.53. The van der Waals surface area contributed by atoms with Crippen molar-refractivity contribution in [1.82, 2.24) is 16.1 Å². The molecule has 2 aromatic rings. The molecule has 0 saturated carbocycles. The van der Waals surface area contributed by atoms with Crippen molar-refractivity contribution in [3.8, 4) is 0 Å².